The van der Waals surface area contributed by atoms with Gasteiger partial charge < -0.3 is 5.32 Å². The van der Waals surface area contributed by atoms with E-state index in [1.54, 1.807) is 18.2 Å². The molecule has 0 atom stereocenters. The number of halogens is 5. The van der Waals surface area contributed by atoms with Crippen LogP contribution in [0.4, 0.5) is 18.9 Å². The molecule has 0 radical (unpaired) electrons. The molecule has 2 aromatic carbocycles. The minimum atomic E-state index is -4.47. The number of carbonyl (C=O) groups is 1. The first-order valence-corrected chi connectivity index (χ1v) is 8.69. The van der Waals surface area contributed by atoms with Gasteiger partial charge in [-0.1, -0.05) is 41.4 Å². The highest BCUT2D eigenvalue weighted by atomic mass is 35.5. The number of nitrogens with zero attached hydrogens (tertiary/aromatic N) is 4. The van der Waals surface area contributed by atoms with E-state index >= 15 is 0 Å². The summed E-state index contributed by atoms with van der Waals surface area (Å²) >= 11 is 12.0. The van der Waals surface area contributed by atoms with Gasteiger partial charge in [-0.3, -0.25) is 4.79 Å². The summed E-state index contributed by atoms with van der Waals surface area (Å²) in [5.41, 5.74) is -0.335. The van der Waals surface area contributed by atoms with Crippen molar-refractivity contribution in [1.29, 1.82) is 0 Å². The highest BCUT2D eigenvalue weighted by molar-refractivity contribution is 6.39. The van der Waals surface area contributed by atoms with Gasteiger partial charge in [-0.25, -0.2) is 0 Å². The third kappa shape index (κ3) is 4.79. The molecule has 0 unspecified atom stereocenters. The Balaban J connectivity index is 1.65. The predicted molar refractivity (Wildman–Crippen MR) is 98.0 cm³/mol. The second kappa shape index (κ2) is 8.15. The number of hydrogen-bond donors (Lipinski definition) is 1. The zero-order valence-electron chi connectivity index (χ0n) is 14.0. The lowest BCUT2D eigenvalue weighted by atomic mass is 10.1. The second-order valence-corrected chi connectivity index (χ2v) is 6.50. The number of aryl methyl sites for hydroxylation is 1. The van der Waals surface area contributed by atoms with E-state index in [1.165, 1.54) is 12.1 Å². The first-order valence-electron chi connectivity index (χ1n) is 7.93. The van der Waals surface area contributed by atoms with Crippen LogP contribution in [0.15, 0.2) is 42.5 Å². The van der Waals surface area contributed by atoms with Gasteiger partial charge in [0.2, 0.25) is 11.7 Å². The number of para-hydroxylation sites is 1. The Hall–Kier alpha value is -2.65. The highest BCUT2D eigenvalue weighted by Crippen LogP contribution is 2.31. The van der Waals surface area contributed by atoms with Crippen LogP contribution in [-0.4, -0.2) is 26.1 Å². The quantitative estimate of drug-likeness (QED) is 0.638. The van der Waals surface area contributed by atoms with Crippen LogP contribution >= 0.6 is 23.2 Å². The molecule has 0 aliphatic carbocycles. The van der Waals surface area contributed by atoms with Crippen molar-refractivity contribution in [3.8, 4) is 11.4 Å². The number of amides is 1. The second-order valence-electron chi connectivity index (χ2n) is 5.68. The van der Waals surface area contributed by atoms with Gasteiger partial charge in [-0.2, -0.15) is 18.0 Å². The summed E-state index contributed by atoms with van der Waals surface area (Å²) < 4.78 is 38.4. The molecule has 0 bridgehead atoms. The number of aromatic nitrogens is 4. The molecular weight excluding hydrogens is 418 g/mol. The lowest BCUT2D eigenvalue weighted by Gasteiger charge is -2.08. The summed E-state index contributed by atoms with van der Waals surface area (Å²) in [5.74, 6) is -0.353. The maximum atomic E-state index is 12.8. The monoisotopic (exact) mass is 429 g/mol. The number of hydrogen-bond acceptors (Lipinski definition) is 4. The highest BCUT2D eigenvalue weighted by Gasteiger charge is 2.30. The molecule has 1 heterocycles. The number of anilines is 1. The largest absolute Gasteiger partial charge is 0.416 e. The van der Waals surface area contributed by atoms with Crippen LogP contribution in [0.25, 0.3) is 11.4 Å². The number of rotatable bonds is 5. The van der Waals surface area contributed by atoms with Crippen molar-refractivity contribution in [3.05, 3.63) is 58.1 Å². The van der Waals surface area contributed by atoms with E-state index in [4.69, 9.17) is 23.2 Å². The molecule has 0 saturated carbocycles. The topological polar surface area (TPSA) is 72.7 Å². The lowest BCUT2D eigenvalue weighted by Crippen LogP contribution is -2.16. The maximum Gasteiger partial charge on any atom is 0.416 e. The zero-order valence-corrected chi connectivity index (χ0v) is 15.6. The van der Waals surface area contributed by atoms with Gasteiger partial charge in [-0.05, 0) is 29.5 Å². The average molecular weight is 430 g/mol. The van der Waals surface area contributed by atoms with Crippen molar-refractivity contribution in [2.45, 2.75) is 19.1 Å². The van der Waals surface area contributed by atoms with Crippen molar-refractivity contribution in [1.82, 2.24) is 20.2 Å². The average Bonchev–Trinajstić information content (AvgIpc) is 3.12. The molecule has 3 rings (SSSR count). The van der Waals surface area contributed by atoms with Gasteiger partial charge in [-0.15, -0.1) is 10.2 Å². The fraction of sp³-hybridized carbons (Fsp3) is 0.176. The van der Waals surface area contributed by atoms with Gasteiger partial charge in [0.05, 0.1) is 27.8 Å². The first kappa shape index (κ1) is 20.1. The molecule has 0 saturated heterocycles. The first-order chi connectivity index (χ1) is 13.2. The van der Waals surface area contributed by atoms with E-state index in [1.807, 2.05) is 0 Å². The number of benzene rings is 2. The zero-order chi connectivity index (χ0) is 20.3. The van der Waals surface area contributed by atoms with Crippen LogP contribution in [0, 0.1) is 0 Å². The van der Waals surface area contributed by atoms with Crippen molar-refractivity contribution in [2.75, 3.05) is 5.32 Å². The summed E-state index contributed by atoms with van der Waals surface area (Å²) in [7, 11) is 0. The van der Waals surface area contributed by atoms with Gasteiger partial charge in [0.15, 0.2) is 0 Å². The van der Waals surface area contributed by atoms with E-state index in [2.05, 4.69) is 20.7 Å². The van der Waals surface area contributed by atoms with E-state index in [0.717, 1.165) is 16.9 Å². The van der Waals surface area contributed by atoms with Crippen LogP contribution < -0.4 is 5.32 Å². The molecule has 1 amide bonds. The van der Waals surface area contributed by atoms with Gasteiger partial charge in [0, 0.05) is 12.0 Å². The van der Waals surface area contributed by atoms with Gasteiger partial charge in [0.25, 0.3) is 0 Å². The smallest absolute Gasteiger partial charge is 0.323 e. The fourth-order valence-corrected chi connectivity index (χ4v) is 2.80. The van der Waals surface area contributed by atoms with Crippen LogP contribution in [0.3, 0.4) is 0 Å². The minimum absolute atomic E-state index is 0.0139. The molecular formula is C17H12Cl2F3N5O. The molecule has 146 valence electrons. The third-order valence-electron chi connectivity index (χ3n) is 3.67. The fourth-order valence-electron chi connectivity index (χ4n) is 2.31. The van der Waals surface area contributed by atoms with Crippen molar-refractivity contribution in [2.24, 2.45) is 0 Å². The number of nitrogens with one attached hydrogen (secondary N) is 1. The normalized spacial score (nSPS) is 11.5. The molecule has 1 N–H and O–H groups in total. The maximum absolute atomic E-state index is 12.8. The molecule has 3 aromatic rings. The Kier molecular flexibility index (Phi) is 5.85. The Morgan fingerprint density at radius 3 is 2.46 bits per heavy atom. The Bertz CT molecular complexity index is 986. The van der Waals surface area contributed by atoms with Gasteiger partial charge in [0.1, 0.15) is 0 Å². The molecule has 0 aliphatic heterocycles. The Morgan fingerprint density at radius 1 is 1.11 bits per heavy atom. The number of carbonyl (C=O) groups excluding carboxylic acids is 1. The van der Waals surface area contributed by atoms with Crippen LogP contribution in [-0.2, 0) is 17.5 Å². The van der Waals surface area contributed by atoms with Crippen LogP contribution in [0.5, 0.6) is 0 Å². The molecule has 0 fully saturated rings. The molecule has 0 spiro atoms. The molecule has 1 aromatic heterocycles. The summed E-state index contributed by atoms with van der Waals surface area (Å²) in [6.07, 6.45) is -4.48. The standard InChI is InChI=1S/C17H12Cl2F3N5O/c18-12-5-2-6-13(19)15(12)23-14(28)7-8-27-25-16(24-26-27)10-3-1-4-11(9-10)17(20,21)22/h1-6,9H,7-8H2,(H,23,28). The molecule has 0 aliphatic rings. The number of tetrazole rings is 1. The SMILES string of the molecule is O=C(CCn1nnc(-c2cccc(C(F)(F)F)c2)n1)Nc1c(Cl)cccc1Cl. The van der Waals surface area contributed by atoms with Gasteiger partial charge >= 0.3 is 6.18 Å². The Labute approximate surface area is 167 Å². The summed E-state index contributed by atoms with van der Waals surface area (Å²) in [4.78, 5) is 13.2. The minimum Gasteiger partial charge on any atom is -0.323 e. The Morgan fingerprint density at radius 2 is 1.79 bits per heavy atom. The number of alkyl halides is 3. The molecule has 28 heavy (non-hydrogen) atoms. The summed E-state index contributed by atoms with van der Waals surface area (Å²) in [6, 6.07) is 9.43. The van der Waals surface area contributed by atoms with Crippen molar-refractivity contribution >= 4 is 34.8 Å². The van der Waals surface area contributed by atoms with Crippen molar-refractivity contribution < 1.29 is 18.0 Å². The molecule has 11 heteroatoms. The predicted octanol–water partition coefficient (Wildman–Crippen LogP) is 4.69. The lowest BCUT2D eigenvalue weighted by molar-refractivity contribution is -0.137. The van der Waals surface area contributed by atoms with E-state index in [0.29, 0.717) is 15.7 Å². The van der Waals surface area contributed by atoms with Crippen LogP contribution in [0.1, 0.15) is 12.0 Å². The molecule has 6 nitrogen and oxygen atoms in total. The third-order valence-corrected chi connectivity index (χ3v) is 4.30. The van der Waals surface area contributed by atoms with Crippen molar-refractivity contribution in [3.63, 3.8) is 0 Å². The summed E-state index contributed by atoms with van der Waals surface area (Å²) in [5, 5.41) is 14.7. The summed E-state index contributed by atoms with van der Waals surface area (Å²) in [6.45, 7) is 0.0693. The van der Waals surface area contributed by atoms with E-state index in [-0.39, 0.29) is 30.3 Å². The van der Waals surface area contributed by atoms with E-state index < -0.39 is 11.7 Å². The van der Waals surface area contributed by atoms with Crippen LogP contribution in [0.2, 0.25) is 10.0 Å². The van der Waals surface area contributed by atoms with E-state index in [9.17, 15) is 18.0 Å².